The fraction of sp³-hybridized carbons (Fsp3) is 0.174. The Bertz CT molecular complexity index is 1320. The third kappa shape index (κ3) is 4.67. The zero-order chi connectivity index (χ0) is 22.5. The normalized spacial score (nSPS) is 11.1. The first-order chi connectivity index (χ1) is 16.3. The fourth-order valence-electron chi connectivity index (χ4n) is 3.32. The van der Waals surface area contributed by atoms with Gasteiger partial charge in [0.05, 0.1) is 17.7 Å². The number of pyridine rings is 1. The number of benzene rings is 1. The van der Waals surface area contributed by atoms with E-state index in [0.29, 0.717) is 18.1 Å². The second kappa shape index (κ2) is 9.97. The Hall–Kier alpha value is -3.50. The van der Waals surface area contributed by atoms with Crippen molar-refractivity contribution in [2.24, 2.45) is 0 Å². The van der Waals surface area contributed by atoms with Gasteiger partial charge in [-0.05, 0) is 42.1 Å². The molecule has 0 aliphatic heterocycles. The molecule has 0 spiro atoms. The molecule has 0 saturated heterocycles. The van der Waals surface area contributed by atoms with E-state index in [1.807, 2.05) is 53.9 Å². The minimum atomic E-state index is 0.580. The molecular formula is C23H20N6O2S2. The van der Waals surface area contributed by atoms with Crippen LogP contribution in [-0.2, 0) is 6.42 Å². The van der Waals surface area contributed by atoms with Gasteiger partial charge in [-0.25, -0.2) is 0 Å². The van der Waals surface area contributed by atoms with Crippen LogP contribution < -0.4 is 4.74 Å². The van der Waals surface area contributed by atoms with E-state index in [9.17, 15) is 0 Å². The van der Waals surface area contributed by atoms with E-state index in [0.717, 1.165) is 45.0 Å². The molecule has 0 N–H and O–H groups in total. The van der Waals surface area contributed by atoms with Crippen molar-refractivity contribution in [2.45, 2.75) is 18.0 Å². The number of aryl methyl sites for hydroxylation is 1. The van der Waals surface area contributed by atoms with Crippen LogP contribution in [0.25, 0.3) is 27.8 Å². The lowest BCUT2D eigenvalue weighted by atomic mass is 10.2. The predicted molar refractivity (Wildman–Crippen MR) is 128 cm³/mol. The number of hydrogen-bond donors (Lipinski definition) is 0. The summed E-state index contributed by atoms with van der Waals surface area (Å²) in [7, 11) is 1.67. The number of rotatable bonds is 9. The second-order valence-corrected chi connectivity index (χ2v) is 9.00. The van der Waals surface area contributed by atoms with Gasteiger partial charge in [-0.2, -0.15) is 4.98 Å². The van der Waals surface area contributed by atoms with Crippen molar-refractivity contribution in [3.05, 3.63) is 72.2 Å². The Morgan fingerprint density at radius 1 is 1.06 bits per heavy atom. The summed E-state index contributed by atoms with van der Waals surface area (Å²) >= 11 is 3.27. The van der Waals surface area contributed by atoms with Gasteiger partial charge >= 0.3 is 0 Å². The molecule has 0 amide bonds. The highest BCUT2D eigenvalue weighted by Gasteiger charge is 2.19. The molecule has 0 fully saturated rings. The molecule has 5 rings (SSSR count). The van der Waals surface area contributed by atoms with Crippen LogP contribution in [0.1, 0.15) is 12.3 Å². The summed E-state index contributed by atoms with van der Waals surface area (Å²) in [5.41, 5.74) is 1.80. The minimum absolute atomic E-state index is 0.580. The van der Waals surface area contributed by atoms with Crippen LogP contribution >= 0.6 is 23.1 Å². The molecule has 0 aliphatic rings. The molecule has 0 atom stereocenters. The highest BCUT2D eigenvalue weighted by Crippen LogP contribution is 2.34. The van der Waals surface area contributed by atoms with Crippen LogP contribution in [0.3, 0.4) is 0 Å². The smallest absolute Gasteiger partial charge is 0.226 e. The zero-order valence-corrected chi connectivity index (χ0v) is 19.4. The Morgan fingerprint density at radius 3 is 2.76 bits per heavy atom. The molecule has 1 aromatic carbocycles. The molecule has 5 aromatic rings. The summed E-state index contributed by atoms with van der Waals surface area (Å²) in [6.45, 7) is 0. The highest BCUT2D eigenvalue weighted by molar-refractivity contribution is 7.99. The second-order valence-electron chi connectivity index (χ2n) is 6.99. The monoisotopic (exact) mass is 476 g/mol. The molecule has 0 radical (unpaired) electrons. The molecule has 0 bridgehead atoms. The van der Waals surface area contributed by atoms with E-state index in [-0.39, 0.29) is 0 Å². The third-order valence-electron chi connectivity index (χ3n) is 4.87. The summed E-state index contributed by atoms with van der Waals surface area (Å²) in [6.07, 6.45) is 4.97. The fourth-order valence-corrected chi connectivity index (χ4v) is 4.90. The van der Waals surface area contributed by atoms with Crippen LogP contribution in [-0.4, -0.2) is 42.8 Å². The summed E-state index contributed by atoms with van der Waals surface area (Å²) in [5.74, 6) is 3.59. The number of ether oxygens (including phenoxy) is 1. The average molecular weight is 477 g/mol. The van der Waals surface area contributed by atoms with E-state index in [2.05, 4.69) is 29.9 Å². The number of hydrogen-bond acceptors (Lipinski definition) is 9. The van der Waals surface area contributed by atoms with Crippen molar-refractivity contribution in [1.29, 1.82) is 0 Å². The minimum Gasteiger partial charge on any atom is -0.495 e. The SMILES string of the molecule is COc1ccccc1-n1c(SCCCc2nc(-c3ccncc3)no2)nnc1-c1cccs1. The number of para-hydroxylation sites is 2. The van der Waals surface area contributed by atoms with Gasteiger partial charge in [0.2, 0.25) is 11.7 Å². The number of methoxy groups -OCH3 is 1. The van der Waals surface area contributed by atoms with E-state index in [1.165, 1.54) is 0 Å². The largest absolute Gasteiger partial charge is 0.495 e. The Morgan fingerprint density at radius 2 is 1.94 bits per heavy atom. The molecule has 0 unspecified atom stereocenters. The Kier molecular flexibility index (Phi) is 6.45. The number of thioether (sulfide) groups is 1. The molecule has 10 heteroatoms. The molecule has 33 heavy (non-hydrogen) atoms. The van der Waals surface area contributed by atoms with Crippen molar-refractivity contribution in [3.8, 4) is 33.5 Å². The molecule has 0 saturated carbocycles. The number of nitrogens with zero attached hydrogens (tertiary/aromatic N) is 6. The van der Waals surface area contributed by atoms with E-state index in [4.69, 9.17) is 9.26 Å². The van der Waals surface area contributed by atoms with Gasteiger partial charge in [0.25, 0.3) is 0 Å². The van der Waals surface area contributed by atoms with E-state index >= 15 is 0 Å². The first-order valence-corrected chi connectivity index (χ1v) is 12.2. The molecule has 0 aliphatic carbocycles. The predicted octanol–water partition coefficient (Wildman–Crippen LogP) is 5.17. The van der Waals surface area contributed by atoms with E-state index < -0.39 is 0 Å². The van der Waals surface area contributed by atoms with Crippen molar-refractivity contribution in [2.75, 3.05) is 12.9 Å². The van der Waals surface area contributed by atoms with Crippen molar-refractivity contribution in [3.63, 3.8) is 0 Å². The summed E-state index contributed by atoms with van der Waals surface area (Å²) < 4.78 is 13.1. The van der Waals surface area contributed by atoms with Crippen LogP contribution in [0.5, 0.6) is 5.75 Å². The lowest BCUT2D eigenvalue weighted by Crippen LogP contribution is -2.02. The van der Waals surface area contributed by atoms with Gasteiger partial charge in [-0.1, -0.05) is 35.1 Å². The van der Waals surface area contributed by atoms with Crippen LogP contribution in [0, 0.1) is 0 Å². The number of thiophene rings is 1. The maximum atomic E-state index is 5.60. The summed E-state index contributed by atoms with van der Waals surface area (Å²) in [4.78, 5) is 9.55. The van der Waals surface area contributed by atoms with Crippen molar-refractivity contribution >= 4 is 23.1 Å². The van der Waals surface area contributed by atoms with Crippen LogP contribution in [0.15, 0.2) is 76.0 Å². The topological polar surface area (TPSA) is 91.8 Å². The molecule has 4 aromatic heterocycles. The van der Waals surface area contributed by atoms with Gasteiger partial charge in [0.15, 0.2) is 11.0 Å². The molecule has 4 heterocycles. The van der Waals surface area contributed by atoms with E-state index in [1.54, 1.807) is 42.6 Å². The zero-order valence-electron chi connectivity index (χ0n) is 17.8. The number of aromatic nitrogens is 6. The van der Waals surface area contributed by atoms with Gasteiger partial charge in [-0.15, -0.1) is 21.5 Å². The van der Waals surface area contributed by atoms with Gasteiger partial charge < -0.3 is 9.26 Å². The van der Waals surface area contributed by atoms with Gasteiger partial charge in [-0.3, -0.25) is 9.55 Å². The molecular weight excluding hydrogens is 456 g/mol. The maximum absolute atomic E-state index is 5.60. The first-order valence-electron chi connectivity index (χ1n) is 10.3. The highest BCUT2D eigenvalue weighted by atomic mass is 32.2. The molecule has 8 nitrogen and oxygen atoms in total. The lowest BCUT2D eigenvalue weighted by Gasteiger charge is -2.13. The van der Waals surface area contributed by atoms with Gasteiger partial charge in [0, 0.05) is 30.1 Å². The first kappa shape index (κ1) is 21.4. The van der Waals surface area contributed by atoms with Crippen molar-refractivity contribution < 1.29 is 9.26 Å². The quantitative estimate of drug-likeness (QED) is 0.212. The van der Waals surface area contributed by atoms with Crippen molar-refractivity contribution in [1.82, 2.24) is 29.9 Å². The Labute approximate surface area is 198 Å². The summed E-state index contributed by atoms with van der Waals surface area (Å²) in [6, 6.07) is 15.7. The van der Waals surface area contributed by atoms with Crippen LogP contribution in [0.4, 0.5) is 0 Å². The average Bonchev–Trinajstić information content (AvgIpc) is 3.63. The Balaban J connectivity index is 1.31. The lowest BCUT2D eigenvalue weighted by molar-refractivity contribution is 0.378. The summed E-state index contributed by atoms with van der Waals surface area (Å²) in [5, 5.41) is 15.9. The molecule has 166 valence electrons. The standard InChI is InChI=1S/C23H20N6O2S2/c1-30-18-7-3-2-6-17(18)29-22(19-8-4-14-32-19)26-27-23(29)33-15-5-9-20-25-21(28-31-20)16-10-12-24-13-11-16/h2-4,6-8,10-14H,5,9,15H2,1H3. The van der Waals surface area contributed by atoms with Crippen LogP contribution in [0.2, 0.25) is 0 Å². The third-order valence-corrected chi connectivity index (χ3v) is 6.75. The van der Waals surface area contributed by atoms with Gasteiger partial charge in [0.1, 0.15) is 5.75 Å². The maximum Gasteiger partial charge on any atom is 0.226 e.